The van der Waals surface area contributed by atoms with Gasteiger partial charge >= 0.3 is 0 Å². The number of nitrogens with two attached hydrogens (primary N) is 1. The number of rotatable bonds is 6. The van der Waals surface area contributed by atoms with Crippen molar-refractivity contribution in [3.63, 3.8) is 0 Å². The minimum Gasteiger partial charge on any atom is -0.339 e. The molecule has 0 saturated heterocycles. The Kier molecular flexibility index (Phi) is 5.80. The zero-order valence-electron chi connectivity index (χ0n) is 14.2. The summed E-state index contributed by atoms with van der Waals surface area (Å²) in [5.74, 6) is 0. The van der Waals surface area contributed by atoms with E-state index in [0.29, 0.717) is 6.54 Å². The zero-order chi connectivity index (χ0) is 16.7. The van der Waals surface area contributed by atoms with Gasteiger partial charge in [-0.1, -0.05) is 74.4 Å². The lowest BCUT2D eigenvalue weighted by atomic mass is 9.87. The molecule has 0 aromatic heterocycles. The number of azide groups is 1. The predicted molar refractivity (Wildman–Crippen MR) is 93.8 cm³/mol. The van der Waals surface area contributed by atoms with Crippen molar-refractivity contribution >= 4 is 0 Å². The Morgan fingerprint density at radius 1 is 0.870 bits per heavy atom. The molecule has 0 unspecified atom stereocenters. The Labute approximate surface area is 138 Å². The van der Waals surface area contributed by atoms with Gasteiger partial charge in [-0.05, 0) is 22.1 Å². The predicted octanol–water partition coefficient (Wildman–Crippen LogP) is 4.06. The maximum absolute atomic E-state index is 8.32. The Morgan fingerprint density at radius 2 is 1.35 bits per heavy atom. The summed E-state index contributed by atoms with van der Waals surface area (Å²) in [6, 6.07) is 17.1. The van der Waals surface area contributed by atoms with Crippen molar-refractivity contribution in [2.24, 2.45) is 5.11 Å². The molecule has 4 heteroatoms. The Hall–Kier alpha value is -2.29. The molecule has 0 saturated carbocycles. The first-order valence-corrected chi connectivity index (χ1v) is 7.99. The molecule has 23 heavy (non-hydrogen) atoms. The normalized spacial score (nSPS) is 11.1. The van der Waals surface area contributed by atoms with Crippen LogP contribution in [-0.4, -0.2) is 0 Å². The first-order chi connectivity index (χ1) is 11.0. The summed E-state index contributed by atoms with van der Waals surface area (Å²) in [5.41, 5.74) is 13.6. The standard InChI is InChI=1S/C19H24N4/c1-19(2,3)18-10-8-16(9-11-18)13-21-12-15-4-6-17(7-5-15)14-22-23-20/h4-11,21H,12-14H2,1-3H3/p+1. The average molecular weight is 309 g/mol. The highest BCUT2D eigenvalue weighted by atomic mass is 15.1. The van der Waals surface area contributed by atoms with Crippen molar-refractivity contribution in [2.75, 3.05) is 0 Å². The van der Waals surface area contributed by atoms with Crippen LogP contribution in [0.1, 0.15) is 43.0 Å². The number of hydrogen-bond acceptors (Lipinski definition) is 1. The van der Waals surface area contributed by atoms with Gasteiger partial charge in [-0.2, -0.15) is 0 Å². The van der Waals surface area contributed by atoms with Gasteiger partial charge in [0.05, 0.1) is 6.54 Å². The largest absolute Gasteiger partial charge is 0.339 e. The molecule has 2 rings (SSSR count). The first-order valence-electron chi connectivity index (χ1n) is 7.99. The van der Waals surface area contributed by atoms with Gasteiger partial charge in [0.2, 0.25) is 0 Å². The van der Waals surface area contributed by atoms with Crippen LogP contribution in [0.25, 0.3) is 10.4 Å². The number of benzene rings is 2. The fourth-order valence-corrected chi connectivity index (χ4v) is 2.44. The van der Waals surface area contributed by atoms with Crippen LogP contribution in [0.4, 0.5) is 0 Å². The van der Waals surface area contributed by atoms with E-state index in [4.69, 9.17) is 5.53 Å². The summed E-state index contributed by atoms with van der Waals surface area (Å²) in [6.07, 6.45) is 0. The lowest BCUT2D eigenvalue weighted by Gasteiger charge is -2.18. The molecular formula is C19H25N4+. The highest BCUT2D eigenvalue weighted by Gasteiger charge is 2.12. The maximum Gasteiger partial charge on any atom is 0.101 e. The highest BCUT2D eigenvalue weighted by molar-refractivity contribution is 5.27. The topological polar surface area (TPSA) is 65.4 Å². The molecule has 0 spiro atoms. The summed E-state index contributed by atoms with van der Waals surface area (Å²) in [6.45, 7) is 9.05. The van der Waals surface area contributed by atoms with Gasteiger partial charge in [0.15, 0.2) is 0 Å². The van der Waals surface area contributed by atoms with Gasteiger partial charge in [0.1, 0.15) is 13.1 Å². The summed E-state index contributed by atoms with van der Waals surface area (Å²) >= 11 is 0. The van der Waals surface area contributed by atoms with Gasteiger partial charge in [-0.15, -0.1) is 0 Å². The third-order valence-corrected chi connectivity index (χ3v) is 3.92. The van der Waals surface area contributed by atoms with Crippen LogP contribution in [0, 0.1) is 0 Å². The molecular weight excluding hydrogens is 284 g/mol. The van der Waals surface area contributed by atoms with E-state index in [1.54, 1.807) is 0 Å². The summed E-state index contributed by atoms with van der Waals surface area (Å²) in [5, 5.41) is 5.87. The van der Waals surface area contributed by atoms with Gasteiger partial charge < -0.3 is 5.32 Å². The molecule has 0 aliphatic carbocycles. The van der Waals surface area contributed by atoms with E-state index in [-0.39, 0.29) is 5.41 Å². The van der Waals surface area contributed by atoms with Gasteiger partial charge in [-0.3, -0.25) is 0 Å². The molecule has 2 N–H and O–H groups in total. The molecule has 0 radical (unpaired) electrons. The molecule has 2 aromatic carbocycles. The minimum absolute atomic E-state index is 0.208. The number of quaternary nitrogens is 1. The second kappa shape index (κ2) is 7.82. The molecule has 0 amide bonds. The number of nitrogens with zero attached hydrogens (tertiary/aromatic N) is 3. The van der Waals surface area contributed by atoms with E-state index in [0.717, 1.165) is 18.7 Å². The third-order valence-electron chi connectivity index (χ3n) is 3.92. The molecule has 0 aliphatic rings. The van der Waals surface area contributed by atoms with E-state index in [2.05, 4.69) is 72.5 Å². The summed E-state index contributed by atoms with van der Waals surface area (Å²) in [7, 11) is 0. The first kappa shape index (κ1) is 17.1. The van der Waals surface area contributed by atoms with Gasteiger partial charge in [-0.25, -0.2) is 0 Å². The van der Waals surface area contributed by atoms with Gasteiger partial charge in [0.25, 0.3) is 0 Å². The molecule has 120 valence electrons. The summed E-state index contributed by atoms with van der Waals surface area (Å²) < 4.78 is 0. The fourth-order valence-electron chi connectivity index (χ4n) is 2.44. The van der Waals surface area contributed by atoms with Crippen LogP contribution < -0.4 is 5.32 Å². The quantitative estimate of drug-likeness (QED) is 0.475. The van der Waals surface area contributed by atoms with Crippen LogP contribution >= 0.6 is 0 Å². The highest BCUT2D eigenvalue weighted by Crippen LogP contribution is 2.21. The van der Waals surface area contributed by atoms with E-state index >= 15 is 0 Å². The van der Waals surface area contributed by atoms with Crippen molar-refractivity contribution in [3.05, 3.63) is 81.2 Å². The maximum atomic E-state index is 8.32. The monoisotopic (exact) mass is 309 g/mol. The van der Waals surface area contributed by atoms with Crippen molar-refractivity contribution in [3.8, 4) is 0 Å². The Bertz CT molecular complexity index is 660. The van der Waals surface area contributed by atoms with Crippen molar-refractivity contribution in [1.29, 1.82) is 0 Å². The summed E-state index contributed by atoms with van der Waals surface area (Å²) in [4.78, 5) is 2.78. The molecule has 0 bridgehead atoms. The lowest BCUT2D eigenvalue weighted by Crippen LogP contribution is -2.80. The fraction of sp³-hybridized carbons (Fsp3) is 0.368. The molecule has 2 aromatic rings. The Balaban J connectivity index is 1.83. The van der Waals surface area contributed by atoms with Crippen LogP contribution in [0.2, 0.25) is 0 Å². The van der Waals surface area contributed by atoms with Crippen LogP contribution in [0.3, 0.4) is 0 Å². The molecule has 0 aliphatic heterocycles. The van der Waals surface area contributed by atoms with Crippen LogP contribution in [0.15, 0.2) is 53.6 Å². The van der Waals surface area contributed by atoms with E-state index in [9.17, 15) is 0 Å². The van der Waals surface area contributed by atoms with Crippen LogP contribution in [-0.2, 0) is 25.0 Å². The van der Waals surface area contributed by atoms with Gasteiger partial charge in [0, 0.05) is 16.0 Å². The van der Waals surface area contributed by atoms with Crippen LogP contribution in [0.5, 0.6) is 0 Å². The minimum atomic E-state index is 0.208. The van der Waals surface area contributed by atoms with Crippen molar-refractivity contribution in [1.82, 2.24) is 0 Å². The second-order valence-electron chi connectivity index (χ2n) is 6.85. The van der Waals surface area contributed by atoms with E-state index in [1.165, 1.54) is 16.7 Å². The second-order valence-corrected chi connectivity index (χ2v) is 6.85. The van der Waals surface area contributed by atoms with E-state index < -0.39 is 0 Å². The smallest absolute Gasteiger partial charge is 0.101 e. The zero-order valence-corrected chi connectivity index (χ0v) is 14.2. The lowest BCUT2D eigenvalue weighted by molar-refractivity contribution is -0.686. The Morgan fingerprint density at radius 3 is 1.83 bits per heavy atom. The SMILES string of the molecule is CC(C)(C)c1ccc(C[NH2+]Cc2ccc(CN=[N+]=[N-])cc2)cc1. The molecule has 0 fully saturated rings. The van der Waals surface area contributed by atoms with E-state index in [1.807, 2.05) is 12.1 Å². The molecule has 0 heterocycles. The van der Waals surface area contributed by atoms with Crippen molar-refractivity contribution < 1.29 is 5.32 Å². The average Bonchev–Trinajstić information content (AvgIpc) is 2.54. The molecule has 0 atom stereocenters. The number of hydrogen-bond donors (Lipinski definition) is 1. The third kappa shape index (κ3) is 5.44. The van der Waals surface area contributed by atoms with Crippen molar-refractivity contribution in [2.45, 2.75) is 45.8 Å². The molecule has 4 nitrogen and oxygen atoms in total.